The van der Waals surface area contributed by atoms with Crippen LogP contribution in [-0.2, 0) is 10.5 Å². The molecule has 0 fully saturated rings. The van der Waals surface area contributed by atoms with Crippen LogP contribution in [0.25, 0.3) is 11.0 Å². The molecule has 0 atom stereocenters. The van der Waals surface area contributed by atoms with Crippen LogP contribution in [0, 0.1) is 13.8 Å². The third-order valence-corrected chi connectivity index (χ3v) is 6.87. The first-order valence-electron chi connectivity index (χ1n) is 9.68. The number of fused-ring (bicyclic) bond motifs is 1. The average molecular weight is 487 g/mol. The lowest BCUT2D eigenvalue weighted by Crippen LogP contribution is -2.33. The topological polar surface area (TPSA) is 97.1 Å². The Balaban J connectivity index is 1.47. The molecule has 7 nitrogen and oxygen atoms in total. The number of furan rings is 1. The zero-order valence-electron chi connectivity index (χ0n) is 17.3. The van der Waals surface area contributed by atoms with Crippen LogP contribution in [0.2, 0.25) is 5.02 Å². The van der Waals surface area contributed by atoms with Gasteiger partial charge in [0.2, 0.25) is 5.91 Å². The number of anilines is 1. The molecule has 4 rings (SSSR count). The maximum absolute atomic E-state index is 12.9. The molecule has 0 unspecified atom stereocenters. The number of hydrogen-bond donors (Lipinski definition) is 2. The third-order valence-electron chi connectivity index (χ3n) is 4.56. The Bertz CT molecular complexity index is 1300. The molecule has 2 N–H and O–H groups in total. The van der Waals surface area contributed by atoms with Crippen LogP contribution < -0.4 is 10.6 Å². The average Bonchev–Trinajstić information content (AvgIpc) is 3.35. The number of nitrogens with one attached hydrogen (secondary N) is 2. The fraction of sp³-hybridized carbons (Fsp3) is 0.182. The van der Waals surface area contributed by atoms with E-state index >= 15 is 0 Å². The highest BCUT2D eigenvalue weighted by Gasteiger charge is 2.21. The van der Waals surface area contributed by atoms with Gasteiger partial charge in [-0.15, -0.1) is 10.2 Å². The Morgan fingerprint density at radius 1 is 1.16 bits per heavy atom. The van der Waals surface area contributed by atoms with Crippen molar-refractivity contribution < 1.29 is 14.0 Å². The summed E-state index contributed by atoms with van der Waals surface area (Å²) in [6.07, 6.45) is 0. The van der Waals surface area contributed by atoms with E-state index in [1.165, 1.54) is 23.1 Å². The van der Waals surface area contributed by atoms with Gasteiger partial charge in [0, 0.05) is 16.7 Å². The van der Waals surface area contributed by atoms with Gasteiger partial charge in [-0.3, -0.25) is 9.59 Å². The monoisotopic (exact) mass is 486 g/mol. The Hall–Kier alpha value is -2.88. The van der Waals surface area contributed by atoms with Crippen LogP contribution in [0.4, 0.5) is 5.69 Å². The summed E-state index contributed by atoms with van der Waals surface area (Å²) in [6, 6.07) is 12.8. The molecular weight excluding hydrogens is 468 g/mol. The van der Waals surface area contributed by atoms with Crippen molar-refractivity contribution in [3.63, 3.8) is 0 Å². The van der Waals surface area contributed by atoms with Crippen molar-refractivity contribution in [1.82, 2.24) is 15.5 Å². The van der Waals surface area contributed by atoms with Crippen LogP contribution in [0.1, 0.15) is 26.7 Å². The molecule has 32 heavy (non-hydrogen) atoms. The van der Waals surface area contributed by atoms with Gasteiger partial charge in [0.25, 0.3) is 5.91 Å². The second kappa shape index (κ2) is 9.72. The second-order valence-corrected chi connectivity index (χ2v) is 9.81. The summed E-state index contributed by atoms with van der Waals surface area (Å²) in [5.41, 5.74) is 2.83. The quantitative estimate of drug-likeness (QED) is 0.348. The van der Waals surface area contributed by atoms with E-state index in [-0.39, 0.29) is 18.2 Å². The molecule has 0 bridgehead atoms. The highest BCUT2D eigenvalue weighted by Crippen LogP contribution is 2.33. The maximum atomic E-state index is 12.9. The van der Waals surface area contributed by atoms with Crippen molar-refractivity contribution in [3.05, 3.63) is 69.4 Å². The number of nitrogens with zero attached hydrogens (tertiary/aromatic N) is 2. The predicted octanol–water partition coefficient (Wildman–Crippen LogP) is 5.22. The molecule has 0 radical (unpaired) electrons. The summed E-state index contributed by atoms with van der Waals surface area (Å²) in [4.78, 5) is 25.2. The van der Waals surface area contributed by atoms with Gasteiger partial charge in [-0.05, 0) is 37.6 Å². The van der Waals surface area contributed by atoms with E-state index in [0.29, 0.717) is 22.0 Å². The SMILES string of the molecule is Cc1ccc(NC(=O)CNC(=O)c2oc3ccccc3c2CSc2nnc(C)s2)c(Cl)c1. The molecule has 2 aromatic carbocycles. The van der Waals surface area contributed by atoms with Gasteiger partial charge in [0.15, 0.2) is 10.1 Å². The minimum absolute atomic E-state index is 0.182. The van der Waals surface area contributed by atoms with Crippen LogP contribution in [0.5, 0.6) is 0 Å². The number of carbonyl (C=O) groups is 2. The number of halogens is 1. The zero-order valence-corrected chi connectivity index (χ0v) is 19.7. The molecule has 0 saturated heterocycles. The van der Waals surface area contributed by atoms with Crippen molar-refractivity contribution in [3.8, 4) is 0 Å². The van der Waals surface area contributed by atoms with E-state index < -0.39 is 5.91 Å². The largest absolute Gasteiger partial charge is 0.451 e. The number of thioether (sulfide) groups is 1. The minimum Gasteiger partial charge on any atom is -0.451 e. The number of benzene rings is 2. The van der Waals surface area contributed by atoms with Gasteiger partial charge < -0.3 is 15.1 Å². The molecule has 0 aliphatic heterocycles. The standard InChI is InChI=1S/C22H19ClN4O3S2/c1-12-7-8-17(16(23)9-12)25-19(28)10-24-21(29)20-15(11-31-22-27-26-13(2)32-22)14-5-3-4-6-18(14)30-20/h3-9H,10-11H2,1-2H3,(H,24,29)(H,25,28). The van der Waals surface area contributed by atoms with Crippen molar-refractivity contribution in [2.75, 3.05) is 11.9 Å². The molecule has 0 aliphatic carbocycles. The molecule has 2 amide bonds. The smallest absolute Gasteiger partial charge is 0.287 e. The Labute approximate surface area is 197 Å². The lowest BCUT2D eigenvalue weighted by Gasteiger charge is -2.09. The fourth-order valence-corrected chi connectivity index (χ4v) is 5.18. The normalized spacial score (nSPS) is 11.0. The van der Waals surface area contributed by atoms with Gasteiger partial charge in [-0.2, -0.15) is 0 Å². The molecule has 164 valence electrons. The Morgan fingerprint density at radius 3 is 2.72 bits per heavy atom. The Kier molecular flexibility index (Phi) is 6.78. The lowest BCUT2D eigenvalue weighted by atomic mass is 10.1. The van der Waals surface area contributed by atoms with Crippen molar-refractivity contribution in [2.45, 2.75) is 23.9 Å². The summed E-state index contributed by atoms with van der Waals surface area (Å²) in [5.74, 6) is -0.184. The van der Waals surface area contributed by atoms with Crippen LogP contribution in [0.15, 0.2) is 51.2 Å². The van der Waals surface area contributed by atoms with E-state index in [1.807, 2.05) is 44.2 Å². The lowest BCUT2D eigenvalue weighted by molar-refractivity contribution is -0.115. The number of carbonyl (C=O) groups excluding carboxylic acids is 2. The maximum Gasteiger partial charge on any atom is 0.287 e. The predicted molar refractivity (Wildman–Crippen MR) is 128 cm³/mol. The van der Waals surface area contributed by atoms with Gasteiger partial charge in [-0.1, -0.05) is 59.0 Å². The number of amides is 2. The van der Waals surface area contributed by atoms with Gasteiger partial charge in [0.1, 0.15) is 10.6 Å². The van der Waals surface area contributed by atoms with E-state index in [0.717, 1.165) is 25.9 Å². The second-order valence-electron chi connectivity index (χ2n) is 7.00. The minimum atomic E-state index is -0.463. The van der Waals surface area contributed by atoms with Gasteiger partial charge in [0.05, 0.1) is 17.3 Å². The highest BCUT2D eigenvalue weighted by atomic mass is 35.5. The fourth-order valence-electron chi connectivity index (χ4n) is 3.05. The molecule has 2 aromatic heterocycles. The molecule has 0 aliphatic rings. The summed E-state index contributed by atoms with van der Waals surface area (Å²) < 4.78 is 6.64. The van der Waals surface area contributed by atoms with E-state index in [1.54, 1.807) is 12.1 Å². The molecule has 10 heteroatoms. The van der Waals surface area contributed by atoms with Crippen molar-refractivity contribution >= 4 is 63.2 Å². The molecular formula is C22H19ClN4O3S2. The van der Waals surface area contributed by atoms with Crippen LogP contribution in [0.3, 0.4) is 0 Å². The number of aromatic nitrogens is 2. The Morgan fingerprint density at radius 2 is 1.97 bits per heavy atom. The van der Waals surface area contributed by atoms with Crippen molar-refractivity contribution in [1.29, 1.82) is 0 Å². The summed E-state index contributed by atoms with van der Waals surface area (Å²) >= 11 is 9.13. The van der Waals surface area contributed by atoms with Gasteiger partial charge in [-0.25, -0.2) is 0 Å². The van der Waals surface area contributed by atoms with E-state index in [9.17, 15) is 9.59 Å². The molecule has 2 heterocycles. The molecule has 4 aromatic rings. The highest BCUT2D eigenvalue weighted by molar-refractivity contribution is 8.00. The number of aryl methyl sites for hydroxylation is 2. The van der Waals surface area contributed by atoms with Gasteiger partial charge >= 0.3 is 0 Å². The summed E-state index contributed by atoms with van der Waals surface area (Å²) in [5, 5.41) is 15.6. The van der Waals surface area contributed by atoms with Crippen molar-refractivity contribution in [2.24, 2.45) is 0 Å². The number of para-hydroxylation sites is 1. The summed E-state index contributed by atoms with van der Waals surface area (Å²) in [6.45, 7) is 3.58. The first-order chi connectivity index (χ1) is 15.4. The van der Waals surface area contributed by atoms with Crippen LogP contribution >= 0.6 is 34.7 Å². The number of rotatable bonds is 7. The first-order valence-corrected chi connectivity index (χ1v) is 11.9. The molecule has 0 saturated carbocycles. The summed E-state index contributed by atoms with van der Waals surface area (Å²) in [7, 11) is 0. The first kappa shape index (κ1) is 22.3. The zero-order chi connectivity index (χ0) is 22.7. The van der Waals surface area contributed by atoms with E-state index in [4.69, 9.17) is 16.0 Å². The van der Waals surface area contributed by atoms with Crippen LogP contribution in [-0.4, -0.2) is 28.6 Å². The number of hydrogen-bond acceptors (Lipinski definition) is 7. The third kappa shape index (κ3) is 5.12. The van der Waals surface area contributed by atoms with E-state index in [2.05, 4.69) is 20.8 Å². The molecule has 0 spiro atoms.